The van der Waals surface area contributed by atoms with Crippen LogP contribution in [0.4, 0.5) is 17.6 Å². The molecule has 0 bridgehead atoms. The van der Waals surface area contributed by atoms with Gasteiger partial charge in [0.15, 0.2) is 0 Å². The highest BCUT2D eigenvalue weighted by Crippen LogP contribution is 2.37. The van der Waals surface area contributed by atoms with Crippen LogP contribution in [0, 0.1) is 5.82 Å². The van der Waals surface area contributed by atoms with E-state index < -0.39 is 45.0 Å². The van der Waals surface area contributed by atoms with Crippen molar-refractivity contribution in [2.24, 2.45) is 5.14 Å². The third-order valence-electron chi connectivity index (χ3n) is 2.98. The molecule has 0 spiro atoms. The Morgan fingerprint density at radius 2 is 1.71 bits per heavy atom. The lowest BCUT2D eigenvalue weighted by molar-refractivity contribution is -0.274. The Balaban J connectivity index is 2.25. The quantitative estimate of drug-likeness (QED) is 0.446. The summed E-state index contributed by atoms with van der Waals surface area (Å²) in [5.41, 5.74) is -0.543. The van der Waals surface area contributed by atoms with Gasteiger partial charge in [0.2, 0.25) is 0 Å². The first-order chi connectivity index (χ1) is 12.7. The summed E-state index contributed by atoms with van der Waals surface area (Å²) < 4.78 is 83.1. The van der Waals surface area contributed by atoms with Crippen LogP contribution in [0.5, 0.6) is 17.2 Å². The van der Waals surface area contributed by atoms with Gasteiger partial charge in [0, 0.05) is 17.7 Å². The zero-order chi connectivity index (χ0) is 21.3. The summed E-state index contributed by atoms with van der Waals surface area (Å²) in [5.74, 6) is -2.17. The maximum Gasteiger partial charge on any atom is 0.573 e. The van der Waals surface area contributed by atoms with Gasteiger partial charge < -0.3 is 14.6 Å². The highest BCUT2D eigenvalue weighted by molar-refractivity contribution is 7.87. The van der Waals surface area contributed by atoms with Crippen LogP contribution in [-0.2, 0) is 10.2 Å². The van der Waals surface area contributed by atoms with Gasteiger partial charge in [0.25, 0.3) is 10.2 Å². The number of nitrogens with one attached hydrogen (secondary N) is 1. The topological polar surface area (TPSA) is 111 Å². The van der Waals surface area contributed by atoms with E-state index in [0.717, 1.165) is 30.3 Å². The van der Waals surface area contributed by atoms with Crippen molar-refractivity contribution in [1.82, 2.24) is 4.72 Å². The number of benzene rings is 2. The van der Waals surface area contributed by atoms with E-state index in [2.05, 4.69) is 9.88 Å². The molecule has 0 amide bonds. The average molecular weight is 465 g/mol. The maximum absolute atomic E-state index is 14.1. The van der Waals surface area contributed by atoms with Gasteiger partial charge in [-0.05, 0) is 18.2 Å². The van der Waals surface area contributed by atoms with Gasteiger partial charge in [-0.1, -0.05) is 23.2 Å². The minimum Gasteiger partial charge on any atom is -0.456 e. The van der Waals surface area contributed by atoms with Crippen LogP contribution >= 0.6 is 23.2 Å². The molecule has 154 valence electrons. The summed E-state index contributed by atoms with van der Waals surface area (Å²) in [4.78, 5) is 0. The smallest absolute Gasteiger partial charge is 0.456 e. The van der Waals surface area contributed by atoms with E-state index in [1.807, 2.05) is 0 Å². The second-order valence-corrected chi connectivity index (χ2v) is 7.25. The van der Waals surface area contributed by atoms with Crippen LogP contribution in [0.2, 0.25) is 10.0 Å². The molecule has 0 fully saturated rings. The Labute approximate surface area is 165 Å². The van der Waals surface area contributed by atoms with Crippen molar-refractivity contribution in [2.45, 2.75) is 12.6 Å². The lowest BCUT2D eigenvalue weighted by Crippen LogP contribution is -2.34. The fourth-order valence-electron chi connectivity index (χ4n) is 1.93. The number of aliphatic hydroxyl groups excluding tert-OH is 1. The Morgan fingerprint density at radius 1 is 1.11 bits per heavy atom. The highest BCUT2D eigenvalue weighted by Gasteiger charge is 2.32. The maximum atomic E-state index is 14.1. The normalized spacial score (nSPS) is 13.3. The van der Waals surface area contributed by atoms with Crippen LogP contribution in [0.1, 0.15) is 11.8 Å². The number of aliphatic hydroxyl groups is 1. The van der Waals surface area contributed by atoms with Gasteiger partial charge >= 0.3 is 6.36 Å². The monoisotopic (exact) mass is 464 g/mol. The summed E-state index contributed by atoms with van der Waals surface area (Å²) in [6.45, 7) is 0. The van der Waals surface area contributed by atoms with Crippen molar-refractivity contribution >= 4 is 33.4 Å². The number of halogens is 6. The van der Waals surface area contributed by atoms with Crippen molar-refractivity contribution < 1.29 is 40.6 Å². The van der Waals surface area contributed by atoms with Gasteiger partial charge in [-0.15, -0.1) is 13.2 Å². The zero-order valence-corrected chi connectivity index (χ0v) is 15.6. The van der Waals surface area contributed by atoms with E-state index in [1.54, 1.807) is 4.72 Å². The van der Waals surface area contributed by atoms with Crippen molar-refractivity contribution in [3.8, 4) is 17.2 Å². The average Bonchev–Trinajstić information content (AvgIpc) is 2.50. The lowest BCUT2D eigenvalue weighted by Gasteiger charge is -2.15. The number of hydrogen-bond acceptors (Lipinski definition) is 5. The van der Waals surface area contributed by atoms with Crippen molar-refractivity contribution in [1.29, 1.82) is 0 Å². The third kappa shape index (κ3) is 6.36. The molecule has 0 saturated carbocycles. The van der Waals surface area contributed by atoms with Crippen molar-refractivity contribution in [3.05, 3.63) is 51.8 Å². The predicted octanol–water partition coefficient (Wildman–Crippen LogP) is 3.61. The molecule has 28 heavy (non-hydrogen) atoms. The Morgan fingerprint density at radius 3 is 2.25 bits per heavy atom. The Bertz CT molecular complexity index is 988. The second-order valence-electron chi connectivity index (χ2n) is 5.11. The Kier molecular flexibility index (Phi) is 6.63. The lowest BCUT2D eigenvalue weighted by atomic mass is 10.2. The summed E-state index contributed by atoms with van der Waals surface area (Å²) in [6, 6.07) is 4.51. The van der Waals surface area contributed by atoms with E-state index in [9.17, 15) is 31.1 Å². The van der Waals surface area contributed by atoms with Crippen LogP contribution in [-0.4, -0.2) is 19.9 Å². The van der Waals surface area contributed by atoms with Gasteiger partial charge in [-0.3, -0.25) is 0 Å². The van der Waals surface area contributed by atoms with Gasteiger partial charge in [0.1, 0.15) is 29.3 Å². The van der Waals surface area contributed by atoms with E-state index in [4.69, 9.17) is 27.9 Å². The number of nitrogens with two attached hydrogens (primary N) is 1. The van der Waals surface area contributed by atoms with Crippen LogP contribution in [0.25, 0.3) is 0 Å². The first kappa shape index (κ1) is 22.5. The minimum absolute atomic E-state index is 0.100. The molecule has 0 heterocycles. The molecule has 0 radical (unpaired) electrons. The minimum atomic E-state index is -4.94. The number of alkyl halides is 3. The summed E-state index contributed by atoms with van der Waals surface area (Å²) in [6.07, 6.45) is -6.96. The van der Waals surface area contributed by atoms with E-state index in [-0.39, 0.29) is 16.5 Å². The molecular weight excluding hydrogens is 455 g/mol. The fraction of sp³-hybridized carbons (Fsp3) is 0.143. The van der Waals surface area contributed by atoms with Gasteiger partial charge in [-0.25, -0.2) is 9.53 Å². The molecule has 7 nitrogen and oxygen atoms in total. The SMILES string of the molecule is NS(=O)(=O)NC(O)c1cc(Cl)c(Oc2ccc(OC(F)(F)F)c(Cl)c2)cc1F. The summed E-state index contributed by atoms with van der Waals surface area (Å²) in [5, 5.41) is 13.7. The number of hydrogen-bond donors (Lipinski definition) is 3. The van der Waals surface area contributed by atoms with Crippen LogP contribution < -0.4 is 19.3 Å². The zero-order valence-electron chi connectivity index (χ0n) is 13.3. The molecular formula is C14H10Cl2F4N2O5S. The molecule has 14 heteroatoms. The fourth-order valence-corrected chi connectivity index (χ4v) is 2.79. The largest absolute Gasteiger partial charge is 0.573 e. The van der Waals surface area contributed by atoms with Gasteiger partial charge in [-0.2, -0.15) is 13.1 Å². The van der Waals surface area contributed by atoms with Crippen LogP contribution in [0.15, 0.2) is 30.3 Å². The molecule has 0 aromatic heterocycles. The van der Waals surface area contributed by atoms with Crippen LogP contribution in [0.3, 0.4) is 0 Å². The van der Waals surface area contributed by atoms with Gasteiger partial charge in [0.05, 0.1) is 10.0 Å². The summed E-state index contributed by atoms with van der Waals surface area (Å²) in [7, 11) is -4.33. The second kappa shape index (κ2) is 8.27. The Hall–Kier alpha value is -1.83. The molecule has 0 saturated heterocycles. The number of rotatable bonds is 6. The first-order valence-corrected chi connectivity index (χ1v) is 9.25. The summed E-state index contributed by atoms with van der Waals surface area (Å²) >= 11 is 11.6. The molecule has 0 aliphatic carbocycles. The third-order valence-corrected chi connectivity index (χ3v) is 4.12. The molecule has 0 aliphatic heterocycles. The molecule has 0 aliphatic rings. The molecule has 2 aromatic carbocycles. The van der Waals surface area contributed by atoms with E-state index in [1.165, 1.54) is 0 Å². The van der Waals surface area contributed by atoms with E-state index >= 15 is 0 Å². The predicted molar refractivity (Wildman–Crippen MR) is 90.8 cm³/mol. The molecule has 4 N–H and O–H groups in total. The highest BCUT2D eigenvalue weighted by atomic mass is 35.5. The first-order valence-electron chi connectivity index (χ1n) is 6.95. The van der Waals surface area contributed by atoms with E-state index in [0.29, 0.717) is 0 Å². The van der Waals surface area contributed by atoms with Crippen molar-refractivity contribution in [2.75, 3.05) is 0 Å². The molecule has 2 rings (SSSR count). The molecule has 1 atom stereocenters. The number of ether oxygens (including phenoxy) is 2. The molecule has 1 unspecified atom stereocenters. The molecule has 2 aromatic rings. The van der Waals surface area contributed by atoms with Crippen molar-refractivity contribution in [3.63, 3.8) is 0 Å². The standard InChI is InChI=1S/C14H10Cl2F4N2O5S/c15-8-3-6(1-2-11(8)27-14(18,19)20)26-12-5-10(17)7(4-9(12)16)13(23)22-28(21,24)25/h1-5,13,22-23H,(H2,21,24,25).